The fourth-order valence-electron chi connectivity index (χ4n) is 2.01. The number of fused-ring (bicyclic) bond motifs is 1. The van der Waals surface area contributed by atoms with Crippen LogP contribution in [0.3, 0.4) is 0 Å². The van der Waals surface area contributed by atoms with Gasteiger partial charge in [-0.05, 0) is 12.1 Å². The second-order valence-electron chi connectivity index (χ2n) is 4.37. The van der Waals surface area contributed by atoms with Crippen LogP contribution in [0.15, 0.2) is 40.3 Å². The number of para-hydroxylation sites is 1. The predicted molar refractivity (Wildman–Crippen MR) is 88.0 cm³/mol. The lowest BCUT2D eigenvalue weighted by Crippen LogP contribution is -2.05. The molecular weight excluding hydrogens is 390 g/mol. The normalized spacial score (nSPS) is 12.0. The Bertz CT molecular complexity index is 939. The highest BCUT2D eigenvalue weighted by molar-refractivity contribution is 7.91. The van der Waals surface area contributed by atoms with E-state index in [2.05, 4.69) is 9.97 Å². The predicted octanol–water partition coefficient (Wildman–Crippen LogP) is 5.01. The average molecular weight is 396 g/mol. The van der Waals surface area contributed by atoms with E-state index in [1.165, 1.54) is 6.07 Å². The van der Waals surface area contributed by atoms with Gasteiger partial charge in [-0.3, -0.25) is 0 Å². The van der Waals surface area contributed by atoms with Gasteiger partial charge in [0.15, 0.2) is 10.3 Å². The van der Waals surface area contributed by atoms with Crippen molar-refractivity contribution in [1.29, 1.82) is 0 Å². The summed E-state index contributed by atoms with van der Waals surface area (Å²) in [7, 11) is -4.04. The van der Waals surface area contributed by atoms with Crippen LogP contribution in [0.2, 0.25) is 20.4 Å². The van der Waals surface area contributed by atoms with E-state index in [4.69, 9.17) is 46.4 Å². The number of H-pyrrole nitrogens is 1. The SMILES string of the molecule is O=S(=O)(c1cc2ccccc2[nH]1)c1c(Cl)c(Cl)nc(Cl)c1Cl. The van der Waals surface area contributed by atoms with Gasteiger partial charge in [0.2, 0.25) is 9.84 Å². The molecule has 0 aliphatic heterocycles. The van der Waals surface area contributed by atoms with Gasteiger partial charge >= 0.3 is 0 Å². The molecule has 0 aliphatic carbocycles. The number of hydrogen-bond acceptors (Lipinski definition) is 3. The van der Waals surface area contributed by atoms with Crippen molar-refractivity contribution in [3.05, 3.63) is 50.7 Å². The van der Waals surface area contributed by atoms with Crippen molar-refractivity contribution < 1.29 is 8.42 Å². The number of pyridine rings is 1. The molecule has 0 saturated heterocycles. The molecule has 0 spiro atoms. The zero-order valence-corrected chi connectivity index (χ0v) is 14.4. The zero-order chi connectivity index (χ0) is 16.1. The number of sulfone groups is 1. The third-order valence-corrected chi connectivity index (χ3v) is 6.47. The van der Waals surface area contributed by atoms with Crippen LogP contribution in [0.5, 0.6) is 0 Å². The summed E-state index contributed by atoms with van der Waals surface area (Å²) in [4.78, 5) is 6.12. The van der Waals surface area contributed by atoms with E-state index in [9.17, 15) is 8.42 Å². The first-order chi connectivity index (χ1) is 10.3. The van der Waals surface area contributed by atoms with E-state index in [0.717, 1.165) is 5.39 Å². The fraction of sp³-hybridized carbons (Fsp3) is 0. The minimum atomic E-state index is -4.04. The summed E-state index contributed by atoms with van der Waals surface area (Å²) >= 11 is 23.6. The minimum Gasteiger partial charge on any atom is -0.345 e. The van der Waals surface area contributed by atoms with E-state index in [0.29, 0.717) is 5.52 Å². The quantitative estimate of drug-likeness (QED) is 0.620. The number of aromatic amines is 1. The smallest absolute Gasteiger partial charge is 0.225 e. The standard InChI is InChI=1S/C13H6Cl4N2O2S/c14-9-11(10(15)13(17)19-12(9)16)22(20,21)8-5-6-3-1-2-4-7(6)18-8/h1-5,18H. The van der Waals surface area contributed by atoms with E-state index in [1.807, 2.05) is 0 Å². The third-order valence-electron chi connectivity index (χ3n) is 3.02. The number of benzene rings is 1. The molecule has 3 rings (SSSR count). The number of aromatic nitrogens is 2. The fourth-order valence-corrected chi connectivity index (χ4v) is 4.86. The molecule has 0 bridgehead atoms. The molecule has 0 fully saturated rings. The Labute approximate surface area is 145 Å². The van der Waals surface area contributed by atoms with E-state index in [1.54, 1.807) is 24.3 Å². The van der Waals surface area contributed by atoms with Crippen molar-refractivity contribution in [3.8, 4) is 0 Å². The molecule has 114 valence electrons. The topological polar surface area (TPSA) is 62.8 Å². The molecule has 0 atom stereocenters. The van der Waals surface area contributed by atoms with Crippen LogP contribution in [0.4, 0.5) is 0 Å². The molecule has 3 aromatic rings. The summed E-state index contributed by atoms with van der Waals surface area (Å²) in [6.07, 6.45) is 0. The van der Waals surface area contributed by atoms with E-state index < -0.39 is 9.84 Å². The van der Waals surface area contributed by atoms with Crippen LogP contribution in [0.1, 0.15) is 0 Å². The summed E-state index contributed by atoms with van der Waals surface area (Å²) in [6.45, 7) is 0. The first-order valence-electron chi connectivity index (χ1n) is 5.85. The lowest BCUT2D eigenvalue weighted by molar-refractivity contribution is 0.593. The van der Waals surface area contributed by atoms with Gasteiger partial charge in [0.25, 0.3) is 0 Å². The Kier molecular flexibility index (Phi) is 4.03. The molecule has 1 aromatic carbocycles. The van der Waals surface area contributed by atoms with Gasteiger partial charge in [0.05, 0.1) is 10.0 Å². The Morgan fingerprint density at radius 3 is 2.14 bits per heavy atom. The van der Waals surface area contributed by atoms with Gasteiger partial charge in [-0.15, -0.1) is 0 Å². The first-order valence-corrected chi connectivity index (χ1v) is 8.84. The second kappa shape index (κ2) is 5.58. The van der Waals surface area contributed by atoms with Crippen molar-refractivity contribution in [1.82, 2.24) is 9.97 Å². The second-order valence-corrected chi connectivity index (χ2v) is 7.70. The molecule has 0 saturated carbocycles. The van der Waals surface area contributed by atoms with Gasteiger partial charge in [-0.25, -0.2) is 13.4 Å². The maximum absolute atomic E-state index is 12.8. The third kappa shape index (κ3) is 2.47. The molecule has 1 N–H and O–H groups in total. The van der Waals surface area contributed by atoms with Crippen molar-refractivity contribution in [2.24, 2.45) is 0 Å². The van der Waals surface area contributed by atoms with Gasteiger partial charge in [0, 0.05) is 10.9 Å². The average Bonchev–Trinajstić information content (AvgIpc) is 2.90. The number of halogens is 4. The van der Waals surface area contributed by atoms with Gasteiger partial charge in [-0.1, -0.05) is 64.6 Å². The largest absolute Gasteiger partial charge is 0.345 e. The molecule has 22 heavy (non-hydrogen) atoms. The van der Waals surface area contributed by atoms with Crippen LogP contribution in [0, 0.1) is 0 Å². The van der Waals surface area contributed by atoms with Gasteiger partial charge in [-0.2, -0.15) is 0 Å². The van der Waals surface area contributed by atoms with Crippen LogP contribution in [-0.4, -0.2) is 18.4 Å². The van der Waals surface area contributed by atoms with Crippen molar-refractivity contribution in [2.45, 2.75) is 9.92 Å². The Balaban J connectivity index is 2.31. The molecule has 2 aromatic heterocycles. The van der Waals surface area contributed by atoms with Crippen LogP contribution >= 0.6 is 46.4 Å². The number of nitrogens with zero attached hydrogens (tertiary/aromatic N) is 1. The van der Waals surface area contributed by atoms with E-state index in [-0.39, 0.29) is 30.3 Å². The molecule has 0 amide bonds. The Morgan fingerprint density at radius 1 is 0.955 bits per heavy atom. The van der Waals surface area contributed by atoms with Crippen LogP contribution in [-0.2, 0) is 9.84 Å². The minimum absolute atomic E-state index is 0.0594. The first kappa shape index (κ1) is 15.9. The molecular formula is C13H6Cl4N2O2S. The highest BCUT2D eigenvalue weighted by atomic mass is 35.5. The van der Waals surface area contributed by atoms with Gasteiger partial charge < -0.3 is 4.98 Å². The van der Waals surface area contributed by atoms with Crippen molar-refractivity contribution in [3.63, 3.8) is 0 Å². The van der Waals surface area contributed by atoms with Crippen LogP contribution < -0.4 is 0 Å². The summed E-state index contributed by atoms with van der Waals surface area (Å²) in [5, 5.41) is -0.323. The summed E-state index contributed by atoms with van der Waals surface area (Å²) in [5.74, 6) is 0. The summed E-state index contributed by atoms with van der Waals surface area (Å²) in [5.41, 5.74) is 0.666. The molecule has 4 nitrogen and oxygen atoms in total. The highest BCUT2D eigenvalue weighted by Gasteiger charge is 2.29. The summed E-state index contributed by atoms with van der Waals surface area (Å²) in [6, 6.07) is 8.60. The molecule has 2 heterocycles. The number of nitrogens with one attached hydrogen (secondary N) is 1. The molecule has 0 radical (unpaired) electrons. The van der Waals surface area contributed by atoms with Crippen molar-refractivity contribution in [2.75, 3.05) is 0 Å². The van der Waals surface area contributed by atoms with Gasteiger partial charge in [0.1, 0.15) is 9.92 Å². The number of hydrogen-bond donors (Lipinski definition) is 1. The Hall–Kier alpha value is -0.980. The molecule has 0 unspecified atom stereocenters. The highest BCUT2D eigenvalue weighted by Crippen LogP contribution is 2.40. The van der Waals surface area contributed by atoms with Crippen molar-refractivity contribution >= 4 is 67.1 Å². The van der Waals surface area contributed by atoms with E-state index >= 15 is 0 Å². The Morgan fingerprint density at radius 2 is 1.55 bits per heavy atom. The lowest BCUT2D eigenvalue weighted by atomic mass is 10.3. The monoisotopic (exact) mass is 394 g/mol. The number of rotatable bonds is 2. The summed E-state index contributed by atoms with van der Waals surface area (Å²) < 4.78 is 25.6. The maximum Gasteiger partial charge on any atom is 0.225 e. The lowest BCUT2D eigenvalue weighted by Gasteiger charge is -2.09. The zero-order valence-electron chi connectivity index (χ0n) is 10.6. The molecule has 0 aliphatic rings. The molecule has 9 heteroatoms. The van der Waals surface area contributed by atoms with Crippen LogP contribution in [0.25, 0.3) is 10.9 Å². The maximum atomic E-state index is 12.8.